The smallest absolute Gasteiger partial charge is 0.307 e. The summed E-state index contributed by atoms with van der Waals surface area (Å²) in [4.78, 5) is 14.6. The second-order valence-electron chi connectivity index (χ2n) is 5.17. The van der Waals surface area contributed by atoms with E-state index in [1.165, 1.54) is 0 Å². The highest BCUT2D eigenvalue weighted by molar-refractivity contribution is 6.36. The van der Waals surface area contributed by atoms with Gasteiger partial charge >= 0.3 is 5.97 Å². The fourth-order valence-electron chi connectivity index (χ4n) is 2.68. The predicted molar refractivity (Wildman–Crippen MR) is 89.8 cm³/mol. The number of halogens is 2. The zero-order valence-corrected chi connectivity index (χ0v) is 13.3. The van der Waals surface area contributed by atoms with Crippen molar-refractivity contribution in [2.24, 2.45) is 0 Å². The first kappa shape index (κ1) is 14.9. The molecule has 0 bridgehead atoms. The number of carboxylic acid groups (broad SMARTS) is 1. The van der Waals surface area contributed by atoms with Gasteiger partial charge in [0.2, 0.25) is 0 Å². The van der Waals surface area contributed by atoms with Crippen LogP contribution < -0.4 is 0 Å². The molecule has 0 aliphatic carbocycles. The Morgan fingerprint density at radius 3 is 2.68 bits per heavy atom. The molecule has 0 radical (unpaired) electrons. The quantitative estimate of drug-likeness (QED) is 0.702. The van der Waals surface area contributed by atoms with Crippen molar-refractivity contribution in [3.05, 3.63) is 57.6 Å². The first-order chi connectivity index (χ1) is 10.5. The number of hydrogen-bond acceptors (Lipinski definition) is 1. The number of fused-ring (bicyclic) bond motifs is 1. The minimum atomic E-state index is -0.901. The third-order valence-corrected chi connectivity index (χ3v) is 4.21. The Morgan fingerprint density at radius 1 is 1.23 bits per heavy atom. The Morgan fingerprint density at radius 2 is 2.00 bits per heavy atom. The maximum atomic E-state index is 11.3. The molecule has 0 saturated carbocycles. The molecule has 112 valence electrons. The molecule has 2 N–H and O–H groups in total. The van der Waals surface area contributed by atoms with E-state index < -0.39 is 5.97 Å². The number of aliphatic carboxylic acids is 1. The average Bonchev–Trinajstić information content (AvgIpc) is 2.83. The second kappa shape index (κ2) is 5.67. The molecule has 22 heavy (non-hydrogen) atoms. The Balaban J connectivity index is 2.36. The zero-order valence-electron chi connectivity index (χ0n) is 11.8. The van der Waals surface area contributed by atoms with E-state index in [0.29, 0.717) is 15.6 Å². The molecular weight excluding hydrogens is 321 g/mol. The van der Waals surface area contributed by atoms with Crippen LogP contribution in [-0.4, -0.2) is 16.1 Å². The number of nitrogens with one attached hydrogen (secondary N) is 1. The number of aromatic nitrogens is 1. The lowest BCUT2D eigenvalue weighted by Crippen LogP contribution is -2.01. The summed E-state index contributed by atoms with van der Waals surface area (Å²) in [6, 6.07) is 11.0. The number of H-pyrrole nitrogens is 1. The van der Waals surface area contributed by atoms with E-state index in [2.05, 4.69) is 4.98 Å². The molecule has 3 aromatic rings. The van der Waals surface area contributed by atoms with Crippen molar-refractivity contribution in [1.29, 1.82) is 0 Å². The van der Waals surface area contributed by atoms with Gasteiger partial charge in [-0.2, -0.15) is 0 Å². The van der Waals surface area contributed by atoms with Crippen LogP contribution in [-0.2, 0) is 11.2 Å². The normalized spacial score (nSPS) is 11.0. The molecule has 0 atom stereocenters. The van der Waals surface area contributed by atoms with Gasteiger partial charge in [0.15, 0.2) is 0 Å². The van der Waals surface area contributed by atoms with Gasteiger partial charge in [-0.05, 0) is 41.8 Å². The van der Waals surface area contributed by atoms with Crippen molar-refractivity contribution in [2.75, 3.05) is 0 Å². The first-order valence-corrected chi connectivity index (χ1v) is 7.50. The van der Waals surface area contributed by atoms with Crippen LogP contribution in [0.4, 0.5) is 0 Å². The predicted octanol–water partition coefficient (Wildman–Crippen LogP) is 5.08. The van der Waals surface area contributed by atoms with Crippen LogP contribution in [0.3, 0.4) is 0 Å². The standard InChI is InChI=1S/C17H13Cl2NO2/c1-9-5-6-13(19)15-12(8-14(21)22)17(20-16(9)15)10-3-2-4-11(18)7-10/h2-7,20H,8H2,1H3,(H,21,22). The number of aromatic amines is 1. The molecule has 0 unspecified atom stereocenters. The lowest BCUT2D eigenvalue weighted by atomic mass is 10.0. The van der Waals surface area contributed by atoms with Gasteiger partial charge in [0.05, 0.1) is 22.7 Å². The van der Waals surface area contributed by atoms with E-state index in [4.69, 9.17) is 23.2 Å². The van der Waals surface area contributed by atoms with E-state index in [1.54, 1.807) is 18.2 Å². The van der Waals surface area contributed by atoms with Crippen molar-refractivity contribution in [3.8, 4) is 11.3 Å². The largest absolute Gasteiger partial charge is 0.481 e. The fourth-order valence-corrected chi connectivity index (χ4v) is 3.14. The number of hydrogen-bond donors (Lipinski definition) is 2. The average molecular weight is 334 g/mol. The van der Waals surface area contributed by atoms with Gasteiger partial charge in [-0.1, -0.05) is 41.4 Å². The van der Waals surface area contributed by atoms with Crippen LogP contribution in [0, 0.1) is 6.92 Å². The molecule has 0 spiro atoms. The molecule has 3 nitrogen and oxygen atoms in total. The van der Waals surface area contributed by atoms with Gasteiger partial charge in [-0.25, -0.2) is 0 Å². The van der Waals surface area contributed by atoms with E-state index in [-0.39, 0.29) is 6.42 Å². The van der Waals surface area contributed by atoms with Crippen LogP contribution in [0.1, 0.15) is 11.1 Å². The van der Waals surface area contributed by atoms with Crippen molar-refractivity contribution < 1.29 is 9.90 Å². The monoisotopic (exact) mass is 333 g/mol. The third-order valence-electron chi connectivity index (χ3n) is 3.66. The van der Waals surface area contributed by atoms with Gasteiger partial charge in [-0.15, -0.1) is 0 Å². The van der Waals surface area contributed by atoms with Crippen molar-refractivity contribution in [2.45, 2.75) is 13.3 Å². The van der Waals surface area contributed by atoms with Gasteiger partial charge in [0, 0.05) is 10.4 Å². The van der Waals surface area contributed by atoms with Gasteiger partial charge in [-0.3, -0.25) is 4.79 Å². The molecule has 5 heteroatoms. The number of aryl methyl sites for hydroxylation is 1. The summed E-state index contributed by atoms with van der Waals surface area (Å²) in [5.41, 5.74) is 4.14. The third kappa shape index (κ3) is 2.58. The summed E-state index contributed by atoms with van der Waals surface area (Å²) in [7, 11) is 0. The van der Waals surface area contributed by atoms with Gasteiger partial charge < -0.3 is 10.1 Å². The number of rotatable bonds is 3. The van der Waals surface area contributed by atoms with E-state index in [0.717, 1.165) is 27.7 Å². The van der Waals surface area contributed by atoms with Crippen LogP contribution in [0.15, 0.2) is 36.4 Å². The molecule has 1 aromatic heterocycles. The van der Waals surface area contributed by atoms with E-state index >= 15 is 0 Å². The molecule has 0 amide bonds. The minimum Gasteiger partial charge on any atom is -0.481 e. The zero-order chi connectivity index (χ0) is 15.9. The topological polar surface area (TPSA) is 53.1 Å². The summed E-state index contributed by atoms with van der Waals surface area (Å²) in [5, 5.41) is 11.2. The van der Waals surface area contributed by atoms with Crippen molar-refractivity contribution in [1.82, 2.24) is 4.98 Å². The molecule has 0 aliphatic heterocycles. The second-order valence-corrected chi connectivity index (χ2v) is 6.02. The summed E-state index contributed by atoms with van der Waals surface area (Å²) in [6.45, 7) is 1.96. The maximum Gasteiger partial charge on any atom is 0.307 e. The summed E-state index contributed by atoms with van der Waals surface area (Å²) in [5.74, 6) is -0.901. The Labute approximate surface area is 137 Å². The van der Waals surface area contributed by atoms with Crippen LogP contribution in [0.5, 0.6) is 0 Å². The number of carboxylic acids is 1. The molecular formula is C17H13Cl2NO2. The van der Waals surface area contributed by atoms with Crippen LogP contribution >= 0.6 is 23.2 Å². The van der Waals surface area contributed by atoms with Crippen LogP contribution in [0.25, 0.3) is 22.2 Å². The van der Waals surface area contributed by atoms with Crippen molar-refractivity contribution >= 4 is 40.1 Å². The lowest BCUT2D eigenvalue weighted by molar-refractivity contribution is -0.136. The fraction of sp³-hybridized carbons (Fsp3) is 0.118. The summed E-state index contributed by atoms with van der Waals surface area (Å²) >= 11 is 12.4. The minimum absolute atomic E-state index is 0.106. The molecule has 0 fully saturated rings. The van der Waals surface area contributed by atoms with Gasteiger partial charge in [0.1, 0.15) is 0 Å². The molecule has 0 saturated heterocycles. The highest BCUT2D eigenvalue weighted by Gasteiger charge is 2.19. The molecule has 2 aromatic carbocycles. The van der Waals surface area contributed by atoms with E-state index in [1.807, 2.05) is 25.1 Å². The first-order valence-electron chi connectivity index (χ1n) is 6.74. The SMILES string of the molecule is Cc1ccc(Cl)c2c(CC(=O)O)c(-c3cccc(Cl)c3)[nH]c12. The Hall–Kier alpha value is -1.97. The van der Waals surface area contributed by atoms with Crippen molar-refractivity contribution in [3.63, 3.8) is 0 Å². The van der Waals surface area contributed by atoms with Gasteiger partial charge in [0.25, 0.3) is 0 Å². The number of benzene rings is 2. The Bertz CT molecular complexity index is 884. The highest BCUT2D eigenvalue weighted by Crippen LogP contribution is 2.37. The highest BCUT2D eigenvalue weighted by atomic mass is 35.5. The van der Waals surface area contributed by atoms with Crippen LogP contribution in [0.2, 0.25) is 10.0 Å². The Kier molecular flexibility index (Phi) is 3.85. The maximum absolute atomic E-state index is 11.3. The number of carbonyl (C=O) groups is 1. The molecule has 3 rings (SSSR count). The molecule has 1 heterocycles. The van der Waals surface area contributed by atoms with E-state index in [9.17, 15) is 9.90 Å². The summed E-state index contributed by atoms with van der Waals surface area (Å²) in [6.07, 6.45) is -0.106. The summed E-state index contributed by atoms with van der Waals surface area (Å²) < 4.78 is 0. The lowest BCUT2D eigenvalue weighted by Gasteiger charge is -2.04. The molecule has 0 aliphatic rings.